The maximum atomic E-state index is 10.9. The van der Waals surface area contributed by atoms with Crippen LogP contribution in [-0.2, 0) is 33.1 Å². The van der Waals surface area contributed by atoms with Crippen molar-refractivity contribution in [3.8, 4) is 0 Å². The van der Waals surface area contributed by atoms with E-state index in [9.17, 15) is 5.02 Å². The molecule has 0 aromatic rings. The Balaban J connectivity index is 1.11. The molecule has 7 heterocycles. The molecule has 7 fully saturated rings. The van der Waals surface area contributed by atoms with E-state index >= 15 is 0 Å². The molecule has 0 amide bonds. The van der Waals surface area contributed by atoms with Crippen molar-refractivity contribution in [1.29, 1.82) is 0 Å². The maximum Gasteiger partial charge on any atom is 0.324 e. The van der Waals surface area contributed by atoms with Gasteiger partial charge in [0.15, 0.2) is 12.6 Å². The summed E-state index contributed by atoms with van der Waals surface area (Å²) in [6.07, 6.45) is 0.271. The van der Waals surface area contributed by atoms with Crippen LogP contribution < -0.4 is 0 Å². The summed E-state index contributed by atoms with van der Waals surface area (Å²) in [5.74, 6) is 0.533. The number of ether oxygens (including phenoxy) is 6. The summed E-state index contributed by atoms with van der Waals surface area (Å²) < 4.78 is 40.8. The van der Waals surface area contributed by atoms with Crippen LogP contribution in [-0.4, -0.2) is 87.0 Å². The molecule has 0 saturated carbocycles. The quantitative estimate of drug-likeness (QED) is 0.591. The van der Waals surface area contributed by atoms with Gasteiger partial charge >= 0.3 is 13.6 Å². The summed E-state index contributed by atoms with van der Waals surface area (Å²) in [6, 6.07) is -0.311. The van der Waals surface area contributed by atoms with Crippen LogP contribution in [0.25, 0.3) is 0 Å². The smallest absolute Gasteiger partial charge is 0.324 e. The van der Waals surface area contributed by atoms with Gasteiger partial charge in [0, 0.05) is 11.8 Å². The van der Waals surface area contributed by atoms with E-state index in [1.807, 2.05) is 0 Å². The molecule has 11 atom stereocenters. The first-order valence-electron chi connectivity index (χ1n) is 8.96. The normalized spacial score (nSPS) is 61.9. The topological polar surface area (TPSA) is 84.8 Å². The third-order valence-corrected chi connectivity index (χ3v) is 6.87. The average molecular weight is 336 g/mol. The minimum Gasteiger partial charge on any atom is -0.452 e. The molecule has 7 saturated heterocycles. The first-order chi connectivity index (χ1) is 11.8. The molecule has 0 spiro atoms. The van der Waals surface area contributed by atoms with Crippen LogP contribution in [0.15, 0.2) is 0 Å². The molecular weight excluding hydrogens is 318 g/mol. The van der Waals surface area contributed by atoms with Crippen molar-refractivity contribution in [3.05, 3.63) is 0 Å². The van der Waals surface area contributed by atoms with Gasteiger partial charge in [0.25, 0.3) is 0 Å². The molecule has 11 unspecified atom stereocenters. The SMILES string of the molecule is OB(B1OC2C3COC(O3)C3OC1C23)C1OC2C3OCC(CC12)O3. The highest BCUT2D eigenvalue weighted by Gasteiger charge is 2.72. The maximum absolute atomic E-state index is 10.9. The fraction of sp³-hybridized carbons (Fsp3) is 1.00. The summed E-state index contributed by atoms with van der Waals surface area (Å²) in [7, 11) is 0. The first-order valence-corrected chi connectivity index (χ1v) is 8.96. The highest BCUT2D eigenvalue weighted by molar-refractivity contribution is 7.17. The molecule has 7 aliphatic rings. The van der Waals surface area contributed by atoms with Gasteiger partial charge in [-0.2, -0.15) is 0 Å². The molecule has 10 heteroatoms. The van der Waals surface area contributed by atoms with Gasteiger partial charge in [0.1, 0.15) is 18.3 Å². The van der Waals surface area contributed by atoms with Crippen molar-refractivity contribution in [2.45, 2.75) is 61.5 Å². The molecule has 7 aliphatic heterocycles. The fourth-order valence-corrected chi connectivity index (χ4v) is 5.73. The van der Waals surface area contributed by atoms with Crippen molar-refractivity contribution in [3.63, 3.8) is 0 Å². The van der Waals surface area contributed by atoms with Crippen LogP contribution in [0.5, 0.6) is 0 Å². The lowest BCUT2D eigenvalue weighted by atomic mass is 9.20. The highest BCUT2D eigenvalue weighted by atomic mass is 16.8. The van der Waals surface area contributed by atoms with Gasteiger partial charge in [-0.05, 0) is 6.42 Å². The van der Waals surface area contributed by atoms with Crippen molar-refractivity contribution in [2.75, 3.05) is 13.2 Å². The van der Waals surface area contributed by atoms with Crippen molar-refractivity contribution < 1.29 is 38.1 Å². The standard InChI is InChI=1S/C14H18B2O8/c17-15(11-5-1-4-2-18-13(20-4)8(5)22-11)16-12-7-9(24-16)6-3-19-14(21-6)10(7)23-12/h4-14,17H,1-3H2. The largest absolute Gasteiger partial charge is 0.452 e. The molecule has 24 heavy (non-hydrogen) atoms. The molecule has 0 aromatic heterocycles. The van der Waals surface area contributed by atoms with E-state index in [1.165, 1.54) is 0 Å². The molecule has 0 aliphatic carbocycles. The number of rotatable bonds is 2. The van der Waals surface area contributed by atoms with Gasteiger partial charge in [-0.1, -0.05) is 0 Å². The van der Waals surface area contributed by atoms with Crippen LogP contribution in [0.2, 0.25) is 0 Å². The zero-order valence-corrected chi connectivity index (χ0v) is 12.9. The predicted molar refractivity (Wildman–Crippen MR) is 76.7 cm³/mol. The molecule has 4 bridgehead atoms. The second-order valence-corrected chi connectivity index (χ2v) is 8.00. The zero-order valence-electron chi connectivity index (χ0n) is 12.9. The fourth-order valence-electron chi connectivity index (χ4n) is 5.73. The summed E-state index contributed by atoms with van der Waals surface area (Å²) in [6.45, 7) is 0.123. The van der Waals surface area contributed by atoms with E-state index in [0.29, 0.717) is 13.2 Å². The molecule has 7 rings (SSSR count). The van der Waals surface area contributed by atoms with E-state index in [4.69, 9.17) is 33.1 Å². The van der Waals surface area contributed by atoms with Gasteiger partial charge in [-0.25, -0.2) is 0 Å². The Morgan fingerprint density at radius 1 is 0.917 bits per heavy atom. The Morgan fingerprint density at radius 2 is 1.79 bits per heavy atom. The van der Waals surface area contributed by atoms with E-state index in [2.05, 4.69) is 0 Å². The Hall–Kier alpha value is -0.190. The Bertz CT molecular complexity index is 581. The summed E-state index contributed by atoms with van der Waals surface area (Å²) in [4.78, 5) is 0. The summed E-state index contributed by atoms with van der Waals surface area (Å²) >= 11 is 0. The van der Waals surface area contributed by atoms with Crippen molar-refractivity contribution in [1.82, 2.24) is 0 Å². The van der Waals surface area contributed by atoms with Crippen molar-refractivity contribution >= 4 is 13.6 Å². The van der Waals surface area contributed by atoms with Crippen LogP contribution in [0, 0.1) is 11.8 Å². The monoisotopic (exact) mass is 336 g/mol. The molecule has 0 radical (unpaired) electrons. The second-order valence-electron chi connectivity index (χ2n) is 8.00. The molecular formula is C14H18B2O8. The lowest BCUT2D eigenvalue weighted by Gasteiger charge is -2.51. The van der Waals surface area contributed by atoms with Gasteiger partial charge in [0.2, 0.25) is 0 Å². The summed E-state index contributed by atoms with van der Waals surface area (Å²) in [5, 5.41) is 10.9. The minimum atomic E-state index is -0.695. The Morgan fingerprint density at radius 3 is 2.75 bits per heavy atom. The van der Waals surface area contributed by atoms with Crippen LogP contribution >= 0.6 is 0 Å². The average Bonchev–Trinajstić information content (AvgIpc) is 3.21. The van der Waals surface area contributed by atoms with Gasteiger partial charge in [0.05, 0.1) is 37.4 Å². The second kappa shape index (κ2) is 4.55. The predicted octanol–water partition coefficient (Wildman–Crippen LogP) is -1.82. The van der Waals surface area contributed by atoms with E-state index in [-0.39, 0.29) is 73.7 Å². The first kappa shape index (κ1) is 13.9. The molecule has 8 nitrogen and oxygen atoms in total. The third kappa shape index (κ3) is 1.56. The van der Waals surface area contributed by atoms with Crippen molar-refractivity contribution in [2.24, 2.45) is 11.8 Å². The van der Waals surface area contributed by atoms with Crippen LogP contribution in [0.4, 0.5) is 0 Å². The Kier molecular flexibility index (Phi) is 2.65. The van der Waals surface area contributed by atoms with Gasteiger partial charge < -0.3 is 38.1 Å². The highest BCUT2D eigenvalue weighted by Crippen LogP contribution is 2.52. The lowest BCUT2D eigenvalue weighted by Crippen LogP contribution is -2.70. The zero-order chi connectivity index (χ0) is 15.6. The Labute approximate surface area is 139 Å². The number of hydrogen-bond acceptors (Lipinski definition) is 8. The number of fused-ring (bicyclic) bond motifs is 8. The van der Waals surface area contributed by atoms with Crippen LogP contribution in [0.3, 0.4) is 0 Å². The number of hydrogen-bond donors (Lipinski definition) is 1. The lowest BCUT2D eigenvalue weighted by molar-refractivity contribution is -0.283. The van der Waals surface area contributed by atoms with Gasteiger partial charge in [-0.15, -0.1) is 0 Å². The van der Waals surface area contributed by atoms with E-state index < -0.39 is 6.81 Å². The third-order valence-electron chi connectivity index (χ3n) is 6.87. The minimum absolute atomic E-state index is 0.0396. The van der Waals surface area contributed by atoms with E-state index in [0.717, 1.165) is 6.42 Å². The van der Waals surface area contributed by atoms with Gasteiger partial charge in [-0.3, -0.25) is 0 Å². The molecule has 0 aromatic carbocycles. The van der Waals surface area contributed by atoms with E-state index in [1.54, 1.807) is 0 Å². The van der Waals surface area contributed by atoms with Crippen LogP contribution in [0.1, 0.15) is 6.42 Å². The molecule has 128 valence electrons. The summed E-state index contributed by atoms with van der Waals surface area (Å²) in [5.41, 5.74) is 0. The molecule has 1 N–H and O–H groups in total.